The molecule has 0 fully saturated rings. The minimum absolute atomic E-state index is 0.0236. The number of nitrogens with zero attached hydrogens (tertiary/aromatic N) is 2. The molecule has 1 aromatic heterocycles. The first-order chi connectivity index (χ1) is 10.6. The van der Waals surface area contributed by atoms with Gasteiger partial charge in [0.05, 0.1) is 16.3 Å². The van der Waals surface area contributed by atoms with Crippen molar-refractivity contribution in [1.82, 2.24) is 9.88 Å². The Hall–Kier alpha value is -2.20. The van der Waals surface area contributed by atoms with E-state index in [9.17, 15) is 4.79 Å². The molecule has 4 heteroatoms. The van der Waals surface area contributed by atoms with Gasteiger partial charge in [-0.05, 0) is 38.1 Å². The Morgan fingerprint density at radius 1 is 1.18 bits per heavy atom. The molecule has 112 valence electrons. The Morgan fingerprint density at radius 3 is 2.68 bits per heavy atom. The van der Waals surface area contributed by atoms with E-state index in [2.05, 4.69) is 11.1 Å². The van der Waals surface area contributed by atoms with Crippen LogP contribution in [-0.2, 0) is 0 Å². The van der Waals surface area contributed by atoms with Crippen molar-refractivity contribution in [1.29, 1.82) is 0 Å². The van der Waals surface area contributed by atoms with Gasteiger partial charge in [-0.15, -0.1) is 11.3 Å². The van der Waals surface area contributed by atoms with Crippen molar-refractivity contribution >= 4 is 27.5 Å². The molecule has 0 bridgehead atoms. The molecule has 1 heterocycles. The van der Waals surface area contributed by atoms with Crippen LogP contribution in [0, 0.1) is 6.92 Å². The fraction of sp³-hybridized carbons (Fsp3) is 0.222. The highest BCUT2D eigenvalue weighted by atomic mass is 32.1. The minimum atomic E-state index is -0.0505. The lowest BCUT2D eigenvalue weighted by molar-refractivity contribution is 0.0742. The van der Waals surface area contributed by atoms with Crippen molar-refractivity contribution < 1.29 is 4.79 Å². The number of thiazole rings is 1. The number of hydrogen-bond donors (Lipinski definition) is 0. The van der Waals surface area contributed by atoms with Gasteiger partial charge in [-0.1, -0.05) is 29.8 Å². The third-order valence-corrected chi connectivity index (χ3v) is 5.04. The van der Waals surface area contributed by atoms with Crippen molar-refractivity contribution in [3.63, 3.8) is 0 Å². The number of aryl methyl sites for hydroxylation is 1. The molecule has 0 aliphatic rings. The van der Waals surface area contributed by atoms with Crippen LogP contribution < -0.4 is 0 Å². The maximum atomic E-state index is 12.6. The van der Waals surface area contributed by atoms with Gasteiger partial charge in [0.1, 0.15) is 5.01 Å². The summed E-state index contributed by atoms with van der Waals surface area (Å²) in [5.41, 5.74) is 2.80. The van der Waals surface area contributed by atoms with Crippen LogP contribution >= 0.6 is 11.3 Å². The summed E-state index contributed by atoms with van der Waals surface area (Å²) in [7, 11) is 1.83. The second-order valence-corrected chi connectivity index (χ2v) is 6.54. The lowest BCUT2D eigenvalue weighted by atomic mass is 10.1. The van der Waals surface area contributed by atoms with Crippen molar-refractivity contribution in [3.05, 3.63) is 64.7 Å². The first-order valence-corrected chi connectivity index (χ1v) is 8.07. The number of benzene rings is 2. The molecule has 22 heavy (non-hydrogen) atoms. The molecular weight excluding hydrogens is 292 g/mol. The molecule has 3 rings (SSSR count). The molecule has 3 nitrogen and oxygen atoms in total. The number of para-hydroxylation sites is 1. The van der Waals surface area contributed by atoms with E-state index in [0.29, 0.717) is 0 Å². The number of amides is 1. The van der Waals surface area contributed by atoms with Gasteiger partial charge in [0, 0.05) is 12.6 Å². The summed E-state index contributed by atoms with van der Waals surface area (Å²) in [4.78, 5) is 19.0. The zero-order valence-corrected chi connectivity index (χ0v) is 13.7. The number of hydrogen-bond acceptors (Lipinski definition) is 3. The van der Waals surface area contributed by atoms with Crippen LogP contribution in [0.15, 0.2) is 48.5 Å². The van der Waals surface area contributed by atoms with Gasteiger partial charge in [-0.25, -0.2) is 4.98 Å². The number of fused-ring (bicyclic) bond motifs is 1. The second kappa shape index (κ2) is 5.89. The maximum Gasteiger partial charge on any atom is 0.254 e. The molecule has 3 aromatic rings. The lowest BCUT2D eigenvalue weighted by Gasteiger charge is -2.23. The van der Waals surface area contributed by atoms with Crippen LogP contribution in [0.3, 0.4) is 0 Å². The SMILES string of the molecule is Cc1cccc(C(=O)N(C)[C@@H](C)c2nc3ccccc3s2)c1. The zero-order chi connectivity index (χ0) is 15.7. The number of aromatic nitrogens is 1. The van der Waals surface area contributed by atoms with Crippen molar-refractivity contribution in [2.24, 2.45) is 0 Å². The normalized spacial score (nSPS) is 12.3. The van der Waals surface area contributed by atoms with Crippen LogP contribution in [0.4, 0.5) is 0 Å². The quantitative estimate of drug-likeness (QED) is 0.716. The van der Waals surface area contributed by atoms with Gasteiger partial charge in [0.25, 0.3) is 5.91 Å². The predicted molar refractivity (Wildman–Crippen MR) is 91.3 cm³/mol. The monoisotopic (exact) mass is 310 g/mol. The molecule has 0 saturated heterocycles. The van der Waals surface area contributed by atoms with E-state index in [1.54, 1.807) is 16.2 Å². The Bertz CT molecular complexity index is 792. The molecule has 0 spiro atoms. The highest BCUT2D eigenvalue weighted by Crippen LogP contribution is 2.29. The van der Waals surface area contributed by atoms with Crippen LogP contribution in [0.25, 0.3) is 10.2 Å². The van der Waals surface area contributed by atoms with E-state index in [1.165, 1.54) is 0 Å². The summed E-state index contributed by atoms with van der Waals surface area (Å²) in [5.74, 6) is 0.0236. The predicted octanol–water partition coefficient (Wildman–Crippen LogP) is 4.44. The van der Waals surface area contributed by atoms with E-state index in [0.717, 1.165) is 26.4 Å². The largest absolute Gasteiger partial charge is 0.333 e. The summed E-state index contributed by atoms with van der Waals surface area (Å²) in [6, 6.07) is 15.7. The zero-order valence-electron chi connectivity index (χ0n) is 12.9. The van der Waals surface area contributed by atoms with E-state index >= 15 is 0 Å². The van der Waals surface area contributed by atoms with Crippen LogP contribution in [0.2, 0.25) is 0 Å². The van der Waals surface area contributed by atoms with E-state index in [4.69, 9.17) is 0 Å². The fourth-order valence-corrected chi connectivity index (χ4v) is 3.45. The first-order valence-electron chi connectivity index (χ1n) is 7.25. The average Bonchev–Trinajstić information content (AvgIpc) is 2.96. The average molecular weight is 310 g/mol. The van der Waals surface area contributed by atoms with E-state index in [-0.39, 0.29) is 11.9 Å². The van der Waals surface area contributed by atoms with Gasteiger partial charge in [0.15, 0.2) is 0 Å². The fourth-order valence-electron chi connectivity index (χ4n) is 2.39. The summed E-state index contributed by atoms with van der Waals surface area (Å²) in [6.45, 7) is 4.01. The van der Waals surface area contributed by atoms with Gasteiger partial charge in [-0.2, -0.15) is 0 Å². The Labute approximate surface area is 134 Å². The van der Waals surface area contributed by atoms with Crippen LogP contribution in [-0.4, -0.2) is 22.8 Å². The van der Waals surface area contributed by atoms with Gasteiger partial charge >= 0.3 is 0 Å². The molecule has 2 aromatic carbocycles. The molecule has 1 atom stereocenters. The highest BCUT2D eigenvalue weighted by molar-refractivity contribution is 7.18. The van der Waals surface area contributed by atoms with Crippen molar-refractivity contribution in [2.75, 3.05) is 7.05 Å². The minimum Gasteiger partial charge on any atom is -0.333 e. The van der Waals surface area contributed by atoms with E-state index < -0.39 is 0 Å². The maximum absolute atomic E-state index is 12.6. The Balaban J connectivity index is 1.87. The van der Waals surface area contributed by atoms with Crippen molar-refractivity contribution in [2.45, 2.75) is 19.9 Å². The van der Waals surface area contributed by atoms with Gasteiger partial charge in [-0.3, -0.25) is 4.79 Å². The topological polar surface area (TPSA) is 33.2 Å². The Morgan fingerprint density at radius 2 is 1.95 bits per heavy atom. The third kappa shape index (κ3) is 2.74. The summed E-state index contributed by atoms with van der Waals surface area (Å²) >= 11 is 1.64. The number of rotatable bonds is 3. The second-order valence-electron chi connectivity index (χ2n) is 5.48. The molecule has 0 saturated carbocycles. The Kier molecular flexibility index (Phi) is 3.94. The first kappa shape index (κ1) is 14.7. The molecule has 0 aliphatic carbocycles. The number of carbonyl (C=O) groups excluding carboxylic acids is 1. The number of carbonyl (C=O) groups is 1. The molecule has 1 amide bonds. The molecule has 0 unspecified atom stereocenters. The van der Waals surface area contributed by atoms with Gasteiger partial charge < -0.3 is 4.90 Å². The highest BCUT2D eigenvalue weighted by Gasteiger charge is 2.21. The molecule has 0 aliphatic heterocycles. The molecule has 0 N–H and O–H groups in total. The van der Waals surface area contributed by atoms with Gasteiger partial charge in [0.2, 0.25) is 0 Å². The summed E-state index contributed by atoms with van der Waals surface area (Å²) < 4.78 is 1.15. The standard InChI is InChI=1S/C18H18N2OS/c1-12-7-6-8-14(11-12)18(21)20(3)13(2)17-19-15-9-4-5-10-16(15)22-17/h4-11,13H,1-3H3/t13-/m0/s1. The summed E-state index contributed by atoms with van der Waals surface area (Å²) in [5, 5.41) is 0.963. The lowest BCUT2D eigenvalue weighted by Crippen LogP contribution is -2.29. The molecule has 0 radical (unpaired) electrons. The van der Waals surface area contributed by atoms with E-state index in [1.807, 2.05) is 63.4 Å². The van der Waals surface area contributed by atoms with Crippen LogP contribution in [0.1, 0.15) is 33.9 Å². The third-order valence-electron chi connectivity index (χ3n) is 3.83. The van der Waals surface area contributed by atoms with Crippen LogP contribution in [0.5, 0.6) is 0 Å². The van der Waals surface area contributed by atoms with Crippen molar-refractivity contribution in [3.8, 4) is 0 Å². The molecular formula is C18H18N2OS. The summed E-state index contributed by atoms with van der Waals surface area (Å²) in [6.07, 6.45) is 0. The smallest absolute Gasteiger partial charge is 0.254 e.